The SMILES string of the molecule is CN=C(NCCc1ccccc1)NCCc1ccc2c(c1)OCO2. The lowest BCUT2D eigenvalue weighted by Gasteiger charge is -2.12. The minimum atomic E-state index is 0.314. The summed E-state index contributed by atoms with van der Waals surface area (Å²) < 4.78 is 10.7. The number of nitrogens with zero attached hydrogens (tertiary/aromatic N) is 1. The van der Waals surface area contributed by atoms with Gasteiger partial charge in [0, 0.05) is 20.1 Å². The van der Waals surface area contributed by atoms with Crippen molar-refractivity contribution in [1.29, 1.82) is 0 Å². The molecule has 0 spiro atoms. The van der Waals surface area contributed by atoms with Gasteiger partial charge >= 0.3 is 0 Å². The van der Waals surface area contributed by atoms with E-state index in [9.17, 15) is 0 Å². The average Bonchev–Trinajstić information content (AvgIpc) is 3.09. The van der Waals surface area contributed by atoms with Crippen LogP contribution in [0.4, 0.5) is 0 Å². The molecule has 2 N–H and O–H groups in total. The van der Waals surface area contributed by atoms with Gasteiger partial charge in [0.05, 0.1) is 0 Å². The highest BCUT2D eigenvalue weighted by Crippen LogP contribution is 2.32. The maximum atomic E-state index is 5.40. The van der Waals surface area contributed by atoms with Crippen LogP contribution >= 0.6 is 0 Å². The van der Waals surface area contributed by atoms with Crippen LogP contribution in [0.5, 0.6) is 11.5 Å². The number of rotatable bonds is 6. The van der Waals surface area contributed by atoms with Gasteiger partial charge in [-0.05, 0) is 36.1 Å². The number of fused-ring (bicyclic) bond motifs is 1. The fourth-order valence-electron chi connectivity index (χ4n) is 2.61. The summed E-state index contributed by atoms with van der Waals surface area (Å²) in [4.78, 5) is 4.26. The van der Waals surface area contributed by atoms with E-state index in [-0.39, 0.29) is 0 Å². The molecule has 2 aromatic rings. The van der Waals surface area contributed by atoms with Crippen molar-refractivity contribution < 1.29 is 9.47 Å². The standard InChI is InChI=1S/C19H23N3O2/c1-20-19(21-11-9-15-5-3-2-4-6-15)22-12-10-16-7-8-17-18(13-16)24-14-23-17/h2-8,13H,9-12,14H2,1H3,(H2,20,21,22). The van der Waals surface area contributed by atoms with Crippen molar-refractivity contribution in [2.24, 2.45) is 4.99 Å². The van der Waals surface area contributed by atoms with Crippen molar-refractivity contribution in [3.63, 3.8) is 0 Å². The predicted molar refractivity (Wildman–Crippen MR) is 95.8 cm³/mol. The number of guanidine groups is 1. The lowest BCUT2D eigenvalue weighted by atomic mass is 10.1. The number of nitrogens with one attached hydrogen (secondary N) is 2. The summed E-state index contributed by atoms with van der Waals surface area (Å²) >= 11 is 0. The third kappa shape index (κ3) is 4.41. The molecule has 0 aliphatic carbocycles. The van der Waals surface area contributed by atoms with Gasteiger partial charge in [0.25, 0.3) is 0 Å². The van der Waals surface area contributed by atoms with Gasteiger partial charge in [0.1, 0.15) is 0 Å². The molecule has 0 atom stereocenters. The molecule has 0 radical (unpaired) electrons. The lowest BCUT2D eigenvalue weighted by Crippen LogP contribution is -2.39. The third-order valence-corrected chi connectivity index (χ3v) is 3.92. The molecule has 0 aromatic heterocycles. The topological polar surface area (TPSA) is 54.9 Å². The highest BCUT2D eigenvalue weighted by atomic mass is 16.7. The van der Waals surface area contributed by atoms with Gasteiger partial charge in [-0.3, -0.25) is 4.99 Å². The molecular formula is C19H23N3O2. The van der Waals surface area contributed by atoms with Crippen molar-refractivity contribution in [2.45, 2.75) is 12.8 Å². The molecule has 0 saturated carbocycles. The van der Waals surface area contributed by atoms with Crippen LogP contribution in [0.2, 0.25) is 0 Å². The number of hydrogen-bond donors (Lipinski definition) is 2. The highest BCUT2D eigenvalue weighted by Gasteiger charge is 2.12. The van der Waals surface area contributed by atoms with Gasteiger partial charge in [-0.15, -0.1) is 0 Å². The summed E-state index contributed by atoms with van der Waals surface area (Å²) in [5.74, 6) is 2.48. The molecule has 1 aliphatic rings. The number of ether oxygens (including phenoxy) is 2. The van der Waals surface area contributed by atoms with E-state index in [1.165, 1.54) is 11.1 Å². The molecule has 0 amide bonds. The van der Waals surface area contributed by atoms with Crippen molar-refractivity contribution in [3.05, 3.63) is 59.7 Å². The number of aliphatic imine (C=N–C) groups is 1. The summed E-state index contributed by atoms with van der Waals surface area (Å²) in [6.07, 6.45) is 1.87. The Labute approximate surface area is 142 Å². The van der Waals surface area contributed by atoms with E-state index in [4.69, 9.17) is 9.47 Å². The Kier molecular flexibility index (Phi) is 5.56. The van der Waals surface area contributed by atoms with Crippen molar-refractivity contribution in [2.75, 3.05) is 26.9 Å². The second-order valence-corrected chi connectivity index (χ2v) is 5.60. The number of hydrogen-bond acceptors (Lipinski definition) is 3. The molecule has 2 aromatic carbocycles. The first kappa shape index (κ1) is 16.2. The highest BCUT2D eigenvalue weighted by molar-refractivity contribution is 5.79. The normalized spacial score (nSPS) is 13.0. The van der Waals surface area contributed by atoms with Crippen LogP contribution in [0, 0.1) is 0 Å². The van der Waals surface area contributed by atoms with Gasteiger partial charge in [0.15, 0.2) is 17.5 Å². The smallest absolute Gasteiger partial charge is 0.231 e. The van der Waals surface area contributed by atoms with Crippen LogP contribution in [-0.2, 0) is 12.8 Å². The number of benzene rings is 2. The second kappa shape index (κ2) is 8.24. The van der Waals surface area contributed by atoms with E-state index in [0.29, 0.717) is 6.79 Å². The Morgan fingerprint density at radius 1 is 0.917 bits per heavy atom. The quantitative estimate of drug-likeness (QED) is 0.632. The first-order chi connectivity index (χ1) is 11.8. The summed E-state index contributed by atoms with van der Waals surface area (Å²) in [6.45, 7) is 1.98. The molecule has 0 bridgehead atoms. The van der Waals surface area contributed by atoms with Crippen LogP contribution in [0.3, 0.4) is 0 Å². The molecule has 3 rings (SSSR count). The monoisotopic (exact) mass is 325 g/mol. The maximum absolute atomic E-state index is 5.40. The van der Waals surface area contributed by atoms with Gasteiger partial charge in [-0.1, -0.05) is 36.4 Å². The zero-order valence-electron chi connectivity index (χ0n) is 13.9. The third-order valence-electron chi connectivity index (χ3n) is 3.92. The first-order valence-electron chi connectivity index (χ1n) is 8.22. The van der Waals surface area contributed by atoms with E-state index in [0.717, 1.165) is 43.4 Å². The molecule has 1 heterocycles. The van der Waals surface area contributed by atoms with Crippen molar-refractivity contribution in [1.82, 2.24) is 10.6 Å². The molecule has 1 aliphatic heterocycles. The van der Waals surface area contributed by atoms with Gasteiger partial charge < -0.3 is 20.1 Å². The fourth-order valence-corrected chi connectivity index (χ4v) is 2.61. The largest absolute Gasteiger partial charge is 0.454 e. The summed E-state index contributed by atoms with van der Waals surface area (Å²) in [5.41, 5.74) is 2.53. The van der Waals surface area contributed by atoms with E-state index in [1.807, 2.05) is 18.2 Å². The van der Waals surface area contributed by atoms with E-state index in [1.54, 1.807) is 7.05 Å². The van der Waals surface area contributed by atoms with E-state index < -0.39 is 0 Å². The molecule has 0 unspecified atom stereocenters. The van der Waals surface area contributed by atoms with Crippen LogP contribution in [0.25, 0.3) is 0 Å². The Balaban J connectivity index is 1.40. The molecule has 5 heteroatoms. The second-order valence-electron chi connectivity index (χ2n) is 5.60. The van der Waals surface area contributed by atoms with Gasteiger partial charge in [-0.2, -0.15) is 0 Å². The zero-order valence-corrected chi connectivity index (χ0v) is 13.9. The molecule has 0 fully saturated rings. The zero-order chi connectivity index (χ0) is 16.6. The minimum absolute atomic E-state index is 0.314. The Bertz CT molecular complexity index is 686. The summed E-state index contributed by atoms with van der Waals surface area (Å²) in [7, 11) is 1.79. The average molecular weight is 325 g/mol. The van der Waals surface area contributed by atoms with Crippen molar-refractivity contribution in [3.8, 4) is 11.5 Å². The Morgan fingerprint density at radius 3 is 2.38 bits per heavy atom. The Hall–Kier alpha value is -2.69. The summed E-state index contributed by atoms with van der Waals surface area (Å²) in [6, 6.07) is 16.5. The van der Waals surface area contributed by atoms with Gasteiger partial charge in [0.2, 0.25) is 6.79 Å². The van der Waals surface area contributed by atoms with E-state index in [2.05, 4.69) is 46.0 Å². The Morgan fingerprint density at radius 2 is 1.62 bits per heavy atom. The van der Waals surface area contributed by atoms with Crippen LogP contribution in [-0.4, -0.2) is 32.9 Å². The lowest BCUT2D eigenvalue weighted by molar-refractivity contribution is 0.174. The predicted octanol–water partition coefficient (Wildman–Crippen LogP) is 2.37. The minimum Gasteiger partial charge on any atom is -0.454 e. The van der Waals surface area contributed by atoms with E-state index >= 15 is 0 Å². The van der Waals surface area contributed by atoms with Crippen LogP contribution in [0.1, 0.15) is 11.1 Å². The molecule has 5 nitrogen and oxygen atoms in total. The maximum Gasteiger partial charge on any atom is 0.231 e. The van der Waals surface area contributed by atoms with Crippen LogP contribution < -0.4 is 20.1 Å². The van der Waals surface area contributed by atoms with Crippen LogP contribution in [0.15, 0.2) is 53.5 Å². The molecule has 24 heavy (non-hydrogen) atoms. The molecular weight excluding hydrogens is 302 g/mol. The van der Waals surface area contributed by atoms with Crippen molar-refractivity contribution >= 4 is 5.96 Å². The molecule has 126 valence electrons. The summed E-state index contributed by atoms with van der Waals surface area (Å²) in [5, 5.41) is 6.68. The van der Waals surface area contributed by atoms with Gasteiger partial charge in [-0.25, -0.2) is 0 Å². The first-order valence-corrected chi connectivity index (χ1v) is 8.22. The fraction of sp³-hybridized carbons (Fsp3) is 0.316. The molecule has 0 saturated heterocycles.